The fraction of sp³-hybridized carbons (Fsp3) is 0.731. The number of halogens is 1. The molecule has 166 valence electrons. The first-order valence-electron chi connectivity index (χ1n) is 11.9. The van der Waals surface area contributed by atoms with Gasteiger partial charge >= 0.3 is 0 Å². The summed E-state index contributed by atoms with van der Waals surface area (Å²) in [5.74, 6) is 2.11. The van der Waals surface area contributed by atoms with Crippen LogP contribution in [-0.4, -0.2) is 30.9 Å². The average molecular weight is 431 g/mol. The summed E-state index contributed by atoms with van der Waals surface area (Å²) in [4.78, 5) is 13.9. The molecule has 1 saturated heterocycles. The molecule has 3 nitrogen and oxygen atoms in total. The number of allylic oxidation sites excluding steroid dienone is 5. The summed E-state index contributed by atoms with van der Waals surface area (Å²) in [6.07, 6.45) is 17.1. The van der Waals surface area contributed by atoms with Gasteiger partial charge in [0.1, 0.15) is 0 Å². The minimum absolute atomic E-state index is 0.0562. The zero-order chi connectivity index (χ0) is 21.4. The highest BCUT2D eigenvalue weighted by molar-refractivity contribution is 6.17. The van der Waals surface area contributed by atoms with E-state index in [9.17, 15) is 4.79 Å². The van der Waals surface area contributed by atoms with Gasteiger partial charge in [-0.2, -0.15) is 0 Å². The van der Waals surface area contributed by atoms with Crippen molar-refractivity contribution >= 4 is 17.5 Å². The number of alkyl halides is 1. The van der Waals surface area contributed by atoms with Crippen LogP contribution in [0, 0.1) is 28.1 Å². The van der Waals surface area contributed by atoms with E-state index in [1.807, 2.05) is 13.0 Å². The third kappa shape index (κ3) is 3.93. The van der Waals surface area contributed by atoms with Gasteiger partial charge in [-0.1, -0.05) is 37.8 Å². The topological polar surface area (TPSA) is 41.1 Å². The summed E-state index contributed by atoms with van der Waals surface area (Å²) < 4.78 is 0. The molecule has 5 aliphatic rings. The molecular formula is C26H39ClN2O. The Balaban J connectivity index is 1.63. The van der Waals surface area contributed by atoms with Crippen molar-refractivity contribution in [2.75, 3.05) is 19.0 Å². The first-order chi connectivity index (χ1) is 14.4. The lowest BCUT2D eigenvalue weighted by atomic mass is 9.37. The van der Waals surface area contributed by atoms with Gasteiger partial charge in [-0.25, -0.2) is 0 Å². The third-order valence-corrected chi connectivity index (χ3v) is 8.86. The fourth-order valence-corrected chi connectivity index (χ4v) is 8.14. The van der Waals surface area contributed by atoms with E-state index in [1.165, 1.54) is 18.4 Å². The summed E-state index contributed by atoms with van der Waals surface area (Å²) in [5, 5.41) is 6.97. The van der Waals surface area contributed by atoms with Crippen molar-refractivity contribution < 1.29 is 4.79 Å². The lowest BCUT2D eigenvalue weighted by Crippen LogP contribution is -2.63. The highest BCUT2D eigenvalue weighted by Crippen LogP contribution is 2.72. The van der Waals surface area contributed by atoms with Crippen LogP contribution in [0.5, 0.6) is 0 Å². The molecule has 30 heavy (non-hydrogen) atoms. The molecule has 4 heteroatoms. The summed E-state index contributed by atoms with van der Waals surface area (Å²) in [6.45, 7) is 10.8. The van der Waals surface area contributed by atoms with Crippen LogP contribution in [0.25, 0.3) is 0 Å². The van der Waals surface area contributed by atoms with E-state index >= 15 is 0 Å². The summed E-state index contributed by atoms with van der Waals surface area (Å²) in [6, 6.07) is 0.296. The second-order valence-corrected chi connectivity index (χ2v) is 11.3. The van der Waals surface area contributed by atoms with Crippen LogP contribution in [0.4, 0.5) is 0 Å². The SMILES string of the molecule is C=C(/C=C\C=C/C)[C@]12CC3CC(C(=O)NC4CCNCC4C)(C[C@](CCCl)(C3)C1)C2. The average Bonchev–Trinajstić information content (AvgIpc) is 2.68. The molecule has 2 N–H and O–H groups in total. The van der Waals surface area contributed by atoms with Crippen molar-refractivity contribution in [3.63, 3.8) is 0 Å². The van der Waals surface area contributed by atoms with E-state index in [1.54, 1.807) is 0 Å². The Morgan fingerprint density at radius 3 is 2.70 bits per heavy atom. The molecule has 1 heterocycles. The largest absolute Gasteiger partial charge is 0.353 e. The maximum Gasteiger partial charge on any atom is 0.226 e. The van der Waals surface area contributed by atoms with E-state index in [2.05, 4.69) is 42.4 Å². The Bertz CT molecular complexity index is 745. The van der Waals surface area contributed by atoms with Crippen molar-refractivity contribution in [1.82, 2.24) is 10.6 Å². The number of rotatable bonds is 7. The zero-order valence-corrected chi connectivity index (χ0v) is 19.6. The van der Waals surface area contributed by atoms with E-state index in [4.69, 9.17) is 11.6 Å². The smallest absolute Gasteiger partial charge is 0.226 e. The fourth-order valence-electron chi connectivity index (χ4n) is 7.74. The van der Waals surface area contributed by atoms with Crippen LogP contribution in [-0.2, 0) is 4.79 Å². The van der Waals surface area contributed by atoms with Crippen molar-refractivity contribution in [2.24, 2.45) is 28.1 Å². The lowest BCUT2D eigenvalue weighted by Gasteiger charge is -2.66. The first kappa shape index (κ1) is 22.1. The van der Waals surface area contributed by atoms with Crippen LogP contribution >= 0.6 is 11.6 Å². The van der Waals surface area contributed by atoms with Crippen LogP contribution in [0.15, 0.2) is 36.5 Å². The predicted molar refractivity (Wildman–Crippen MR) is 126 cm³/mol. The monoisotopic (exact) mass is 430 g/mol. The van der Waals surface area contributed by atoms with E-state index in [0.29, 0.717) is 29.7 Å². The highest BCUT2D eigenvalue weighted by Gasteiger charge is 2.65. The quantitative estimate of drug-likeness (QED) is 0.420. The van der Waals surface area contributed by atoms with Gasteiger partial charge in [-0.3, -0.25) is 4.79 Å². The standard InChI is InChI=1S/C26H39ClN2O/c1-4-5-6-7-20(3)25-13-21-12-24(16-25,9-10-27)17-26(14-21,18-25)23(30)29-22-8-11-28-15-19(22)2/h4-7,19,21-22,28H,3,8-18H2,1-2H3,(H,29,30)/b5-4-,7-6-/t19?,21?,22?,24-,25-,26?/m1/s1. The molecule has 5 rings (SSSR count). The minimum Gasteiger partial charge on any atom is -0.353 e. The van der Waals surface area contributed by atoms with Gasteiger partial charge in [-0.15, -0.1) is 11.6 Å². The van der Waals surface area contributed by atoms with Gasteiger partial charge in [0.15, 0.2) is 0 Å². The maximum absolute atomic E-state index is 13.9. The van der Waals surface area contributed by atoms with Crippen LogP contribution in [0.1, 0.15) is 65.2 Å². The summed E-state index contributed by atoms with van der Waals surface area (Å²) in [5.41, 5.74) is 1.24. The van der Waals surface area contributed by atoms with Gasteiger partial charge in [0.25, 0.3) is 0 Å². The van der Waals surface area contributed by atoms with Crippen molar-refractivity contribution in [2.45, 2.75) is 71.3 Å². The molecule has 6 atom stereocenters. The molecule has 4 unspecified atom stereocenters. The molecule has 4 bridgehead atoms. The molecule has 5 fully saturated rings. The summed E-state index contributed by atoms with van der Waals surface area (Å²) in [7, 11) is 0. The minimum atomic E-state index is -0.243. The van der Waals surface area contributed by atoms with Crippen molar-refractivity contribution in [3.05, 3.63) is 36.5 Å². The second-order valence-electron chi connectivity index (χ2n) is 11.0. The molecule has 4 saturated carbocycles. The molecule has 1 aliphatic heterocycles. The number of hydrogen-bond donors (Lipinski definition) is 2. The second kappa shape index (κ2) is 8.47. The van der Waals surface area contributed by atoms with Gasteiger partial charge in [0.05, 0.1) is 5.41 Å². The third-order valence-electron chi connectivity index (χ3n) is 8.67. The molecular weight excluding hydrogens is 392 g/mol. The van der Waals surface area contributed by atoms with E-state index < -0.39 is 0 Å². The Kier molecular flexibility index (Phi) is 6.25. The van der Waals surface area contributed by atoms with Crippen LogP contribution in [0.3, 0.4) is 0 Å². The van der Waals surface area contributed by atoms with E-state index in [-0.39, 0.29) is 16.2 Å². The van der Waals surface area contributed by atoms with Crippen LogP contribution in [0.2, 0.25) is 0 Å². The first-order valence-corrected chi connectivity index (χ1v) is 12.5. The zero-order valence-electron chi connectivity index (χ0n) is 18.8. The maximum atomic E-state index is 13.9. The molecule has 1 amide bonds. The molecule has 0 aromatic rings. The number of carbonyl (C=O) groups is 1. The molecule has 4 aliphatic carbocycles. The van der Waals surface area contributed by atoms with Crippen molar-refractivity contribution in [3.8, 4) is 0 Å². The van der Waals surface area contributed by atoms with Gasteiger partial charge in [0, 0.05) is 11.9 Å². The number of hydrogen-bond acceptors (Lipinski definition) is 2. The van der Waals surface area contributed by atoms with Crippen LogP contribution < -0.4 is 10.6 Å². The van der Waals surface area contributed by atoms with Gasteiger partial charge < -0.3 is 10.6 Å². The Morgan fingerprint density at radius 2 is 1.97 bits per heavy atom. The molecule has 0 aromatic heterocycles. The number of nitrogens with one attached hydrogen (secondary N) is 2. The number of carbonyl (C=O) groups excluding carboxylic acids is 1. The predicted octanol–water partition coefficient (Wildman–Crippen LogP) is 5.37. The normalized spacial score (nSPS) is 42.8. The number of piperidine rings is 1. The molecule has 0 aromatic carbocycles. The Morgan fingerprint density at radius 1 is 1.20 bits per heavy atom. The Labute approximate surface area is 187 Å². The lowest BCUT2D eigenvalue weighted by molar-refractivity contribution is -0.170. The molecule has 0 radical (unpaired) electrons. The molecule has 0 spiro atoms. The summed E-state index contributed by atoms with van der Waals surface area (Å²) >= 11 is 6.31. The van der Waals surface area contributed by atoms with Gasteiger partial charge in [-0.05, 0) is 99.6 Å². The Hall–Kier alpha value is -1.06. The van der Waals surface area contributed by atoms with Gasteiger partial charge in [0.2, 0.25) is 5.91 Å². The van der Waals surface area contributed by atoms with E-state index in [0.717, 1.165) is 51.6 Å². The van der Waals surface area contributed by atoms with Crippen molar-refractivity contribution in [1.29, 1.82) is 0 Å². The highest BCUT2D eigenvalue weighted by atomic mass is 35.5. The number of amides is 1.